The van der Waals surface area contributed by atoms with E-state index in [-0.39, 0.29) is 11.3 Å². The van der Waals surface area contributed by atoms with Crippen molar-refractivity contribution in [3.8, 4) is 5.75 Å². The number of hydrogen-bond acceptors (Lipinski definition) is 4. The molecule has 0 unspecified atom stereocenters. The minimum Gasteiger partial charge on any atom is -0.492 e. The summed E-state index contributed by atoms with van der Waals surface area (Å²) in [7, 11) is 0. The van der Waals surface area contributed by atoms with Crippen LogP contribution in [-0.4, -0.2) is 18.4 Å². The number of halogens is 1. The minimum atomic E-state index is -0.449. The van der Waals surface area contributed by atoms with Gasteiger partial charge in [0.05, 0.1) is 17.9 Å². The second kappa shape index (κ2) is 9.04. The molecule has 0 fully saturated rings. The maximum absolute atomic E-state index is 13.8. The molecule has 1 N–H and O–H groups in total. The smallest absolute Gasteiger partial charge is 0.282 e. The van der Waals surface area contributed by atoms with Gasteiger partial charge in [-0.1, -0.05) is 72.3 Å². The fraction of sp³-hybridized carbons (Fsp3) is 0.0714. The van der Waals surface area contributed by atoms with Crippen molar-refractivity contribution >= 4 is 51.1 Å². The highest BCUT2D eigenvalue weighted by Crippen LogP contribution is 2.38. The lowest BCUT2D eigenvalue weighted by atomic mass is 10.0. The van der Waals surface area contributed by atoms with Gasteiger partial charge >= 0.3 is 0 Å². The van der Waals surface area contributed by atoms with E-state index in [1.807, 2.05) is 55.5 Å². The summed E-state index contributed by atoms with van der Waals surface area (Å²) in [5, 5.41) is 5.79. The van der Waals surface area contributed by atoms with E-state index in [4.69, 9.17) is 16.3 Å². The van der Waals surface area contributed by atoms with E-state index in [9.17, 15) is 9.59 Å². The van der Waals surface area contributed by atoms with Crippen LogP contribution in [-0.2, 0) is 9.59 Å². The van der Waals surface area contributed by atoms with Crippen LogP contribution in [0.2, 0.25) is 5.02 Å². The number of benzene rings is 4. The largest absolute Gasteiger partial charge is 0.492 e. The number of anilines is 2. The van der Waals surface area contributed by atoms with Crippen LogP contribution in [0.4, 0.5) is 11.4 Å². The van der Waals surface area contributed by atoms with Crippen LogP contribution < -0.4 is 15.0 Å². The topological polar surface area (TPSA) is 58.6 Å². The Labute approximate surface area is 202 Å². The molecule has 4 aromatic carbocycles. The van der Waals surface area contributed by atoms with Gasteiger partial charge in [-0.05, 0) is 48.2 Å². The van der Waals surface area contributed by atoms with Gasteiger partial charge in [0.15, 0.2) is 0 Å². The molecule has 0 bridgehead atoms. The number of carbonyl (C=O) groups excluding carboxylic acids is 2. The molecule has 0 atom stereocenters. The van der Waals surface area contributed by atoms with Gasteiger partial charge in [-0.25, -0.2) is 4.90 Å². The monoisotopic (exact) mass is 468 g/mol. The third kappa shape index (κ3) is 3.80. The molecule has 0 aromatic heterocycles. The molecular formula is C28H21ClN2O3. The third-order valence-electron chi connectivity index (χ3n) is 5.67. The molecule has 1 heterocycles. The van der Waals surface area contributed by atoms with Crippen molar-refractivity contribution in [1.82, 2.24) is 0 Å². The number of ether oxygens (including phenoxy) is 1. The van der Waals surface area contributed by atoms with Crippen LogP contribution in [0.15, 0.2) is 96.7 Å². The number of para-hydroxylation sites is 2. The van der Waals surface area contributed by atoms with Crippen molar-refractivity contribution in [3.05, 3.63) is 107 Å². The number of rotatable bonds is 6. The first-order valence-electron chi connectivity index (χ1n) is 10.9. The Hall–Kier alpha value is -4.09. The van der Waals surface area contributed by atoms with Crippen molar-refractivity contribution in [2.45, 2.75) is 6.92 Å². The third-order valence-corrected chi connectivity index (χ3v) is 5.92. The number of amides is 2. The van der Waals surface area contributed by atoms with Gasteiger partial charge in [0.1, 0.15) is 11.4 Å². The fourth-order valence-electron chi connectivity index (χ4n) is 4.14. The van der Waals surface area contributed by atoms with Crippen molar-refractivity contribution in [1.29, 1.82) is 0 Å². The molecule has 0 saturated carbocycles. The summed E-state index contributed by atoms with van der Waals surface area (Å²) in [5.41, 5.74) is 2.22. The average molecular weight is 469 g/mol. The van der Waals surface area contributed by atoms with E-state index in [0.29, 0.717) is 28.6 Å². The molecule has 168 valence electrons. The Bertz CT molecular complexity index is 1440. The normalized spacial score (nSPS) is 13.6. The first-order valence-corrected chi connectivity index (χ1v) is 11.3. The number of hydrogen-bond donors (Lipinski definition) is 1. The predicted octanol–water partition coefficient (Wildman–Crippen LogP) is 6.29. The van der Waals surface area contributed by atoms with Gasteiger partial charge < -0.3 is 10.1 Å². The van der Waals surface area contributed by atoms with Crippen molar-refractivity contribution in [2.75, 3.05) is 16.8 Å². The van der Waals surface area contributed by atoms with Crippen molar-refractivity contribution in [2.24, 2.45) is 0 Å². The summed E-state index contributed by atoms with van der Waals surface area (Å²) in [5.74, 6) is -0.411. The lowest BCUT2D eigenvalue weighted by Crippen LogP contribution is -2.32. The maximum Gasteiger partial charge on any atom is 0.282 e. The van der Waals surface area contributed by atoms with Crippen molar-refractivity contribution < 1.29 is 14.3 Å². The lowest BCUT2D eigenvalue weighted by molar-refractivity contribution is -0.120. The lowest BCUT2D eigenvalue weighted by Gasteiger charge is -2.19. The number of imide groups is 1. The highest BCUT2D eigenvalue weighted by atomic mass is 35.5. The van der Waals surface area contributed by atoms with Gasteiger partial charge in [-0.15, -0.1) is 0 Å². The molecule has 34 heavy (non-hydrogen) atoms. The van der Waals surface area contributed by atoms with Gasteiger partial charge in [-0.3, -0.25) is 9.59 Å². The number of nitrogens with one attached hydrogen (secondary N) is 1. The zero-order chi connectivity index (χ0) is 23.7. The molecule has 5 rings (SSSR count). The molecule has 0 aliphatic carbocycles. The maximum atomic E-state index is 13.8. The molecule has 4 aromatic rings. The first kappa shape index (κ1) is 21.7. The van der Waals surface area contributed by atoms with Gasteiger partial charge in [0, 0.05) is 16.1 Å². The van der Waals surface area contributed by atoms with E-state index in [2.05, 4.69) is 5.32 Å². The summed E-state index contributed by atoms with van der Waals surface area (Å²) in [6, 6.07) is 27.6. The SMILES string of the molecule is CCOc1ccccc1N1C(=O)C(Nc2cccc3ccccc23)=C(c2ccc(Cl)cc2)C1=O. The average Bonchev–Trinajstić information content (AvgIpc) is 3.09. The molecule has 1 aliphatic heterocycles. The standard InChI is InChI=1S/C28H21ClN2O3/c1-2-34-24-13-6-5-12-23(24)31-27(32)25(19-14-16-20(29)17-15-19)26(28(31)33)30-22-11-7-9-18-8-3-4-10-21(18)22/h3-17,30H,2H2,1H3. The summed E-state index contributed by atoms with van der Waals surface area (Å²) in [6.45, 7) is 2.26. The number of nitrogens with zero attached hydrogens (tertiary/aromatic N) is 1. The quantitative estimate of drug-likeness (QED) is 0.338. The Morgan fingerprint density at radius 1 is 0.824 bits per heavy atom. The summed E-state index contributed by atoms with van der Waals surface area (Å²) in [4.78, 5) is 28.7. The molecule has 0 radical (unpaired) electrons. The van der Waals surface area contributed by atoms with Gasteiger partial charge in [-0.2, -0.15) is 0 Å². The number of carbonyl (C=O) groups is 2. The van der Waals surface area contributed by atoms with E-state index >= 15 is 0 Å². The second-order valence-electron chi connectivity index (χ2n) is 7.76. The molecule has 0 saturated heterocycles. The van der Waals surface area contributed by atoms with Gasteiger partial charge in [0.25, 0.3) is 11.8 Å². The molecule has 1 aliphatic rings. The van der Waals surface area contributed by atoms with Crippen LogP contribution in [0.1, 0.15) is 12.5 Å². The Kier molecular flexibility index (Phi) is 5.78. The van der Waals surface area contributed by atoms with E-state index < -0.39 is 11.8 Å². The summed E-state index contributed by atoms with van der Waals surface area (Å²) < 4.78 is 5.71. The summed E-state index contributed by atoms with van der Waals surface area (Å²) in [6.07, 6.45) is 0. The molecule has 5 nitrogen and oxygen atoms in total. The minimum absolute atomic E-state index is 0.204. The first-order chi connectivity index (χ1) is 16.6. The molecule has 0 spiro atoms. The highest BCUT2D eigenvalue weighted by Gasteiger charge is 2.41. The Morgan fingerprint density at radius 3 is 2.32 bits per heavy atom. The number of fused-ring (bicyclic) bond motifs is 1. The fourth-order valence-corrected chi connectivity index (χ4v) is 4.26. The zero-order valence-corrected chi connectivity index (χ0v) is 19.2. The summed E-state index contributed by atoms with van der Waals surface area (Å²) >= 11 is 6.08. The van der Waals surface area contributed by atoms with Crippen LogP contribution in [0.3, 0.4) is 0 Å². The highest BCUT2D eigenvalue weighted by molar-refractivity contribution is 6.46. The molecule has 2 amide bonds. The van der Waals surface area contributed by atoms with Crippen molar-refractivity contribution in [3.63, 3.8) is 0 Å². The van der Waals surface area contributed by atoms with E-state index in [1.165, 1.54) is 4.90 Å². The van der Waals surface area contributed by atoms with Crippen LogP contribution >= 0.6 is 11.6 Å². The van der Waals surface area contributed by atoms with E-state index in [1.54, 1.807) is 42.5 Å². The van der Waals surface area contributed by atoms with Crippen LogP contribution in [0.5, 0.6) is 5.75 Å². The molecule has 6 heteroatoms. The predicted molar refractivity (Wildman–Crippen MR) is 136 cm³/mol. The zero-order valence-electron chi connectivity index (χ0n) is 18.4. The molecular weight excluding hydrogens is 448 g/mol. The van der Waals surface area contributed by atoms with Gasteiger partial charge in [0.2, 0.25) is 0 Å². The van der Waals surface area contributed by atoms with E-state index in [0.717, 1.165) is 16.5 Å². The Morgan fingerprint density at radius 2 is 1.53 bits per heavy atom. The van der Waals surface area contributed by atoms with Crippen LogP contribution in [0, 0.1) is 0 Å². The second-order valence-corrected chi connectivity index (χ2v) is 8.19. The van der Waals surface area contributed by atoms with Crippen LogP contribution in [0.25, 0.3) is 16.3 Å². The Balaban J connectivity index is 1.66.